The third-order valence-electron chi connectivity index (χ3n) is 4.51. The first-order chi connectivity index (χ1) is 12.2. The number of carbonyl (C=O) groups is 1. The van der Waals surface area contributed by atoms with Crippen molar-refractivity contribution in [2.75, 3.05) is 18.0 Å². The zero-order chi connectivity index (χ0) is 17.2. The normalized spacial score (nSPS) is 15.5. The van der Waals surface area contributed by atoms with Crippen LogP contribution in [0.25, 0.3) is 10.9 Å². The van der Waals surface area contributed by atoms with Crippen LogP contribution in [0.4, 0.5) is 5.82 Å². The molecule has 0 bridgehead atoms. The standard InChI is InChI=1S/C17H19N7O/c1-23-10-12(8-21-23)17(25)22-13-3-6-24(7-4-13)16-14-2-5-18-9-15(14)19-11-20-16/h2,5,8-11,13H,3-4,6-7H2,1H3,(H,22,25). The molecule has 1 amide bonds. The number of aromatic nitrogens is 5. The van der Waals surface area contributed by atoms with Crippen molar-refractivity contribution in [1.29, 1.82) is 0 Å². The van der Waals surface area contributed by atoms with Crippen molar-refractivity contribution in [3.63, 3.8) is 0 Å². The monoisotopic (exact) mass is 337 g/mol. The van der Waals surface area contributed by atoms with Crippen molar-refractivity contribution in [2.45, 2.75) is 18.9 Å². The van der Waals surface area contributed by atoms with Crippen LogP contribution in [0.3, 0.4) is 0 Å². The molecule has 0 aliphatic carbocycles. The summed E-state index contributed by atoms with van der Waals surface area (Å²) in [6.07, 6.45) is 10.2. The van der Waals surface area contributed by atoms with E-state index in [1.807, 2.05) is 6.07 Å². The van der Waals surface area contributed by atoms with Gasteiger partial charge in [0.05, 0.1) is 23.5 Å². The maximum absolute atomic E-state index is 12.2. The molecule has 0 saturated carbocycles. The fraction of sp³-hybridized carbons (Fsp3) is 0.353. The van der Waals surface area contributed by atoms with Gasteiger partial charge in [-0.15, -0.1) is 0 Å². The van der Waals surface area contributed by atoms with Crippen molar-refractivity contribution in [3.05, 3.63) is 42.7 Å². The first kappa shape index (κ1) is 15.5. The molecule has 1 saturated heterocycles. The van der Waals surface area contributed by atoms with E-state index in [4.69, 9.17) is 0 Å². The lowest BCUT2D eigenvalue weighted by molar-refractivity contribution is 0.0931. The molecular formula is C17H19N7O. The summed E-state index contributed by atoms with van der Waals surface area (Å²) in [7, 11) is 1.80. The van der Waals surface area contributed by atoms with Gasteiger partial charge in [-0.05, 0) is 18.9 Å². The highest BCUT2D eigenvalue weighted by Gasteiger charge is 2.23. The van der Waals surface area contributed by atoms with E-state index in [9.17, 15) is 4.79 Å². The number of nitrogens with one attached hydrogen (secondary N) is 1. The van der Waals surface area contributed by atoms with Gasteiger partial charge in [0.15, 0.2) is 0 Å². The summed E-state index contributed by atoms with van der Waals surface area (Å²) in [5.41, 5.74) is 1.44. The van der Waals surface area contributed by atoms with Crippen molar-refractivity contribution >= 4 is 22.6 Å². The van der Waals surface area contributed by atoms with Crippen LogP contribution >= 0.6 is 0 Å². The van der Waals surface area contributed by atoms with Crippen LogP contribution in [0.2, 0.25) is 0 Å². The quantitative estimate of drug-likeness (QED) is 0.771. The number of carbonyl (C=O) groups excluding carboxylic acids is 1. The minimum Gasteiger partial charge on any atom is -0.356 e. The zero-order valence-corrected chi connectivity index (χ0v) is 14.0. The summed E-state index contributed by atoms with van der Waals surface area (Å²) in [4.78, 5) is 27.3. The lowest BCUT2D eigenvalue weighted by Gasteiger charge is -2.33. The molecule has 128 valence electrons. The van der Waals surface area contributed by atoms with Crippen LogP contribution in [0.5, 0.6) is 0 Å². The number of hydrogen-bond donors (Lipinski definition) is 1. The highest BCUT2D eigenvalue weighted by Crippen LogP contribution is 2.25. The summed E-state index contributed by atoms with van der Waals surface area (Å²) in [5, 5.41) is 8.15. The first-order valence-corrected chi connectivity index (χ1v) is 8.30. The van der Waals surface area contributed by atoms with E-state index in [1.165, 1.54) is 0 Å². The predicted octanol–water partition coefficient (Wildman–Crippen LogP) is 1.16. The first-order valence-electron chi connectivity index (χ1n) is 8.30. The number of aryl methyl sites for hydroxylation is 1. The van der Waals surface area contributed by atoms with Crippen LogP contribution in [0, 0.1) is 0 Å². The van der Waals surface area contributed by atoms with Gasteiger partial charge in [-0.1, -0.05) is 0 Å². The highest BCUT2D eigenvalue weighted by atomic mass is 16.1. The van der Waals surface area contributed by atoms with Crippen LogP contribution in [-0.4, -0.2) is 49.8 Å². The number of nitrogens with zero attached hydrogens (tertiary/aromatic N) is 6. The summed E-state index contributed by atoms with van der Waals surface area (Å²) in [5.74, 6) is 0.870. The zero-order valence-electron chi connectivity index (χ0n) is 14.0. The lowest BCUT2D eigenvalue weighted by atomic mass is 10.0. The van der Waals surface area contributed by atoms with Crippen LogP contribution in [0.15, 0.2) is 37.2 Å². The number of fused-ring (bicyclic) bond motifs is 1. The maximum atomic E-state index is 12.2. The fourth-order valence-corrected chi connectivity index (χ4v) is 3.19. The molecule has 4 rings (SSSR count). The van der Waals surface area contributed by atoms with Gasteiger partial charge in [-0.3, -0.25) is 14.5 Å². The Morgan fingerprint density at radius 1 is 1.24 bits per heavy atom. The van der Waals surface area contributed by atoms with E-state index in [0.717, 1.165) is 42.7 Å². The molecule has 8 heteroatoms. The maximum Gasteiger partial charge on any atom is 0.254 e. The Labute approximate surface area is 144 Å². The Hall–Kier alpha value is -3.03. The molecule has 1 fully saturated rings. The number of rotatable bonds is 3. The van der Waals surface area contributed by atoms with Crippen molar-refractivity contribution < 1.29 is 4.79 Å². The van der Waals surface area contributed by atoms with Crippen LogP contribution in [0.1, 0.15) is 23.2 Å². The molecule has 1 N–H and O–H groups in total. The number of pyridine rings is 1. The van der Waals surface area contributed by atoms with E-state index in [2.05, 4.69) is 30.3 Å². The second-order valence-corrected chi connectivity index (χ2v) is 6.23. The summed E-state index contributed by atoms with van der Waals surface area (Å²) >= 11 is 0. The van der Waals surface area contributed by atoms with Gasteiger partial charge in [-0.25, -0.2) is 9.97 Å². The van der Waals surface area contributed by atoms with Crippen molar-refractivity contribution in [3.8, 4) is 0 Å². The Kier molecular flexibility index (Phi) is 4.01. The minimum absolute atomic E-state index is 0.0647. The van der Waals surface area contributed by atoms with Gasteiger partial charge in [0.2, 0.25) is 0 Å². The SMILES string of the molecule is Cn1cc(C(=O)NC2CCN(c3ncnc4cnccc34)CC2)cn1. The number of hydrogen-bond acceptors (Lipinski definition) is 6. The Morgan fingerprint density at radius 3 is 2.84 bits per heavy atom. The smallest absolute Gasteiger partial charge is 0.254 e. The summed E-state index contributed by atoms with van der Waals surface area (Å²) in [6, 6.07) is 2.11. The Balaban J connectivity index is 1.42. The molecule has 1 aliphatic rings. The van der Waals surface area contributed by atoms with Gasteiger partial charge >= 0.3 is 0 Å². The van der Waals surface area contributed by atoms with Gasteiger partial charge in [-0.2, -0.15) is 5.10 Å². The average Bonchev–Trinajstić information content (AvgIpc) is 3.08. The minimum atomic E-state index is -0.0647. The number of amides is 1. The number of piperidine rings is 1. The third-order valence-corrected chi connectivity index (χ3v) is 4.51. The second-order valence-electron chi connectivity index (χ2n) is 6.23. The molecule has 0 aromatic carbocycles. The van der Waals surface area contributed by atoms with Crippen LogP contribution < -0.4 is 10.2 Å². The molecule has 0 spiro atoms. The number of anilines is 1. The van der Waals surface area contributed by atoms with E-state index in [0.29, 0.717) is 5.56 Å². The van der Waals surface area contributed by atoms with E-state index >= 15 is 0 Å². The second kappa shape index (κ2) is 6.46. The molecule has 3 aromatic heterocycles. The molecule has 1 aliphatic heterocycles. The molecule has 3 aromatic rings. The van der Waals surface area contributed by atoms with Crippen molar-refractivity contribution in [1.82, 2.24) is 30.0 Å². The molecule has 4 heterocycles. The van der Waals surface area contributed by atoms with Crippen LogP contribution in [-0.2, 0) is 7.05 Å². The topological polar surface area (TPSA) is 88.8 Å². The predicted molar refractivity (Wildman–Crippen MR) is 93.2 cm³/mol. The third kappa shape index (κ3) is 3.15. The van der Waals surface area contributed by atoms with E-state index < -0.39 is 0 Å². The van der Waals surface area contributed by atoms with Gasteiger partial charge in [0.25, 0.3) is 5.91 Å². The van der Waals surface area contributed by atoms with E-state index in [-0.39, 0.29) is 11.9 Å². The van der Waals surface area contributed by atoms with Gasteiger partial charge in [0, 0.05) is 44.0 Å². The van der Waals surface area contributed by atoms with Gasteiger partial charge < -0.3 is 10.2 Å². The molecule has 0 atom stereocenters. The largest absolute Gasteiger partial charge is 0.356 e. The fourth-order valence-electron chi connectivity index (χ4n) is 3.19. The molecule has 0 radical (unpaired) electrons. The molecular weight excluding hydrogens is 318 g/mol. The lowest BCUT2D eigenvalue weighted by Crippen LogP contribution is -2.45. The molecule has 0 unspecified atom stereocenters. The van der Waals surface area contributed by atoms with Gasteiger partial charge in [0.1, 0.15) is 12.1 Å². The average molecular weight is 337 g/mol. The van der Waals surface area contributed by atoms with E-state index in [1.54, 1.807) is 42.8 Å². The summed E-state index contributed by atoms with van der Waals surface area (Å²) < 4.78 is 1.63. The Bertz CT molecular complexity index is 893. The van der Waals surface area contributed by atoms with Crippen molar-refractivity contribution in [2.24, 2.45) is 7.05 Å². The highest BCUT2D eigenvalue weighted by molar-refractivity contribution is 5.94. The Morgan fingerprint density at radius 2 is 2.08 bits per heavy atom. The molecule has 8 nitrogen and oxygen atoms in total. The molecule has 25 heavy (non-hydrogen) atoms. The summed E-state index contributed by atoms with van der Waals surface area (Å²) in [6.45, 7) is 1.68.